The van der Waals surface area contributed by atoms with E-state index in [1.54, 1.807) is 31.2 Å². The fraction of sp³-hybridized carbons (Fsp3) is 0.176. The van der Waals surface area contributed by atoms with Gasteiger partial charge in [0.2, 0.25) is 5.91 Å². The third-order valence-electron chi connectivity index (χ3n) is 3.15. The van der Waals surface area contributed by atoms with Crippen LogP contribution in [0.15, 0.2) is 47.7 Å². The average molecular weight is 345 g/mol. The summed E-state index contributed by atoms with van der Waals surface area (Å²) < 4.78 is 0. The highest BCUT2D eigenvalue weighted by molar-refractivity contribution is 6.30. The summed E-state index contributed by atoms with van der Waals surface area (Å²) in [5.74, 6) is -0.190. The minimum absolute atomic E-state index is 0.0400. The fourth-order valence-electron chi connectivity index (χ4n) is 1.94. The van der Waals surface area contributed by atoms with E-state index in [2.05, 4.69) is 20.8 Å². The van der Waals surface area contributed by atoms with Crippen LogP contribution >= 0.6 is 11.6 Å². The summed E-state index contributed by atoms with van der Waals surface area (Å²) in [5.41, 5.74) is 4.33. The number of hydrogen-bond acceptors (Lipinski definition) is 4. The molecular weight excluding hydrogens is 328 g/mol. The lowest BCUT2D eigenvalue weighted by molar-refractivity contribution is -0.115. The standard InChI is InChI=1S/C17H17ClN4O2/c1-11-5-3-4-6-14(11)17(24)22-21-12(2)9-16(23)20-15-8-7-13(18)10-19-15/h3-8,10H,9H2,1-2H3,(H,22,24)(H,19,20,23)/b21-12+. The minimum Gasteiger partial charge on any atom is -0.310 e. The van der Waals surface area contributed by atoms with Crippen LogP contribution in [-0.4, -0.2) is 22.5 Å². The number of hydrogen-bond donors (Lipinski definition) is 2. The lowest BCUT2D eigenvalue weighted by Gasteiger charge is -2.06. The molecule has 0 bridgehead atoms. The van der Waals surface area contributed by atoms with Crippen molar-refractivity contribution in [2.24, 2.45) is 5.10 Å². The van der Waals surface area contributed by atoms with Gasteiger partial charge in [0, 0.05) is 17.5 Å². The zero-order chi connectivity index (χ0) is 17.5. The molecule has 1 aromatic carbocycles. The average Bonchev–Trinajstić information content (AvgIpc) is 2.55. The lowest BCUT2D eigenvalue weighted by Crippen LogP contribution is -2.22. The molecule has 0 radical (unpaired) electrons. The van der Waals surface area contributed by atoms with Gasteiger partial charge >= 0.3 is 0 Å². The van der Waals surface area contributed by atoms with Crippen molar-refractivity contribution in [1.29, 1.82) is 0 Å². The molecule has 1 aromatic heterocycles. The third-order valence-corrected chi connectivity index (χ3v) is 3.37. The zero-order valence-electron chi connectivity index (χ0n) is 13.3. The first kappa shape index (κ1) is 17.6. The number of nitrogens with one attached hydrogen (secondary N) is 2. The lowest BCUT2D eigenvalue weighted by atomic mass is 10.1. The third kappa shape index (κ3) is 5.17. The van der Waals surface area contributed by atoms with Crippen molar-refractivity contribution in [3.8, 4) is 0 Å². The number of pyridine rings is 1. The summed E-state index contributed by atoms with van der Waals surface area (Å²) >= 11 is 5.73. The number of carbonyl (C=O) groups excluding carboxylic acids is 2. The Kier molecular flexibility index (Phi) is 6.03. The largest absolute Gasteiger partial charge is 0.310 e. The number of anilines is 1. The van der Waals surface area contributed by atoms with Gasteiger partial charge < -0.3 is 5.32 Å². The van der Waals surface area contributed by atoms with Crippen LogP contribution in [0.3, 0.4) is 0 Å². The van der Waals surface area contributed by atoms with Crippen LogP contribution in [0.25, 0.3) is 0 Å². The number of aryl methyl sites for hydroxylation is 1. The Balaban J connectivity index is 1.89. The number of halogens is 1. The van der Waals surface area contributed by atoms with E-state index in [4.69, 9.17) is 11.6 Å². The molecule has 6 nitrogen and oxygen atoms in total. The number of amides is 2. The first-order valence-corrected chi connectivity index (χ1v) is 7.64. The zero-order valence-corrected chi connectivity index (χ0v) is 14.1. The number of rotatable bonds is 5. The van der Waals surface area contributed by atoms with E-state index in [1.807, 2.05) is 19.1 Å². The molecule has 2 rings (SSSR count). The van der Waals surface area contributed by atoms with Crippen molar-refractivity contribution in [3.63, 3.8) is 0 Å². The van der Waals surface area contributed by atoms with Gasteiger partial charge in [0.1, 0.15) is 5.82 Å². The monoisotopic (exact) mass is 344 g/mol. The first-order valence-electron chi connectivity index (χ1n) is 7.26. The Labute approximate surface area is 144 Å². The summed E-state index contributed by atoms with van der Waals surface area (Å²) in [5, 5.41) is 7.07. The van der Waals surface area contributed by atoms with E-state index in [-0.39, 0.29) is 18.2 Å². The van der Waals surface area contributed by atoms with Gasteiger partial charge in [-0.05, 0) is 37.6 Å². The van der Waals surface area contributed by atoms with Gasteiger partial charge in [-0.3, -0.25) is 9.59 Å². The highest BCUT2D eigenvalue weighted by Gasteiger charge is 2.09. The molecule has 124 valence electrons. The van der Waals surface area contributed by atoms with Crippen molar-refractivity contribution in [1.82, 2.24) is 10.4 Å². The Morgan fingerprint density at radius 2 is 1.96 bits per heavy atom. The summed E-state index contributed by atoms with van der Waals surface area (Å²) in [6.07, 6.45) is 1.49. The predicted octanol–water partition coefficient (Wildman–Crippen LogP) is 3.18. The topological polar surface area (TPSA) is 83.4 Å². The van der Waals surface area contributed by atoms with Gasteiger partial charge in [-0.2, -0.15) is 5.10 Å². The highest BCUT2D eigenvalue weighted by Crippen LogP contribution is 2.10. The molecule has 0 fully saturated rings. The summed E-state index contributed by atoms with van der Waals surface area (Å²) in [4.78, 5) is 27.9. The maximum absolute atomic E-state index is 12.0. The molecule has 2 aromatic rings. The van der Waals surface area contributed by atoms with Gasteiger partial charge in [-0.25, -0.2) is 10.4 Å². The molecule has 0 unspecified atom stereocenters. The van der Waals surface area contributed by atoms with Crippen molar-refractivity contribution in [2.75, 3.05) is 5.32 Å². The number of aromatic nitrogens is 1. The summed E-state index contributed by atoms with van der Waals surface area (Å²) in [6.45, 7) is 3.51. The minimum atomic E-state index is -0.313. The van der Waals surface area contributed by atoms with Crippen molar-refractivity contribution < 1.29 is 9.59 Å². The number of benzene rings is 1. The van der Waals surface area contributed by atoms with Crippen LogP contribution in [0.1, 0.15) is 29.3 Å². The van der Waals surface area contributed by atoms with Gasteiger partial charge in [-0.1, -0.05) is 29.8 Å². The van der Waals surface area contributed by atoms with Gasteiger partial charge in [0.15, 0.2) is 0 Å². The molecule has 0 saturated carbocycles. The van der Waals surface area contributed by atoms with Crippen LogP contribution < -0.4 is 10.7 Å². The van der Waals surface area contributed by atoms with E-state index >= 15 is 0 Å². The molecule has 0 aliphatic heterocycles. The van der Waals surface area contributed by atoms with E-state index in [0.717, 1.165) is 5.56 Å². The van der Waals surface area contributed by atoms with E-state index in [9.17, 15) is 9.59 Å². The maximum atomic E-state index is 12.0. The summed E-state index contributed by atoms with van der Waals surface area (Å²) in [6, 6.07) is 10.4. The quantitative estimate of drug-likeness (QED) is 0.645. The van der Waals surface area contributed by atoms with Gasteiger partial charge in [0.05, 0.1) is 11.4 Å². The SMILES string of the molecule is C/C(CC(=O)Nc1ccc(Cl)cn1)=N\NC(=O)c1ccccc1C. The predicted molar refractivity (Wildman–Crippen MR) is 94.2 cm³/mol. The Hall–Kier alpha value is -2.73. The first-order chi connectivity index (χ1) is 11.5. The Bertz CT molecular complexity index is 772. The maximum Gasteiger partial charge on any atom is 0.271 e. The van der Waals surface area contributed by atoms with Crippen LogP contribution in [0, 0.1) is 6.92 Å². The molecule has 24 heavy (non-hydrogen) atoms. The van der Waals surface area contributed by atoms with Crippen molar-refractivity contribution >= 4 is 34.9 Å². The van der Waals surface area contributed by atoms with E-state index in [0.29, 0.717) is 22.1 Å². The summed E-state index contributed by atoms with van der Waals surface area (Å²) in [7, 11) is 0. The Morgan fingerprint density at radius 1 is 1.21 bits per heavy atom. The second-order valence-electron chi connectivity index (χ2n) is 5.19. The molecular formula is C17H17ClN4O2. The molecule has 2 N–H and O–H groups in total. The van der Waals surface area contributed by atoms with Gasteiger partial charge in [-0.15, -0.1) is 0 Å². The Morgan fingerprint density at radius 3 is 2.62 bits per heavy atom. The molecule has 0 aliphatic carbocycles. The smallest absolute Gasteiger partial charge is 0.271 e. The molecule has 0 atom stereocenters. The molecule has 7 heteroatoms. The van der Waals surface area contributed by atoms with Crippen LogP contribution in [0.5, 0.6) is 0 Å². The van der Waals surface area contributed by atoms with E-state index < -0.39 is 0 Å². The van der Waals surface area contributed by atoms with Crippen LogP contribution in [0.4, 0.5) is 5.82 Å². The highest BCUT2D eigenvalue weighted by atomic mass is 35.5. The van der Waals surface area contributed by atoms with E-state index in [1.165, 1.54) is 6.20 Å². The number of nitrogens with zero attached hydrogens (tertiary/aromatic N) is 2. The molecule has 2 amide bonds. The second kappa shape index (κ2) is 8.21. The normalized spacial score (nSPS) is 11.0. The van der Waals surface area contributed by atoms with Crippen molar-refractivity contribution in [3.05, 3.63) is 58.7 Å². The number of carbonyl (C=O) groups is 2. The molecule has 0 aliphatic rings. The van der Waals surface area contributed by atoms with Crippen LogP contribution in [-0.2, 0) is 4.79 Å². The van der Waals surface area contributed by atoms with Crippen LogP contribution in [0.2, 0.25) is 5.02 Å². The molecule has 1 heterocycles. The number of hydrazone groups is 1. The second-order valence-corrected chi connectivity index (χ2v) is 5.63. The molecule has 0 saturated heterocycles. The fourth-order valence-corrected chi connectivity index (χ4v) is 2.05. The van der Waals surface area contributed by atoms with Crippen molar-refractivity contribution in [2.45, 2.75) is 20.3 Å². The van der Waals surface area contributed by atoms with Gasteiger partial charge in [0.25, 0.3) is 5.91 Å². The molecule has 0 spiro atoms.